The number of halogens is 3. The molecule has 1 aliphatic carbocycles. The van der Waals surface area contributed by atoms with E-state index in [2.05, 4.69) is 5.32 Å². The van der Waals surface area contributed by atoms with Crippen molar-refractivity contribution in [3.63, 3.8) is 0 Å². The molecule has 1 aromatic carbocycles. The van der Waals surface area contributed by atoms with Crippen LogP contribution in [0.25, 0.3) is 0 Å². The first-order valence-electron chi connectivity index (χ1n) is 7.39. The van der Waals surface area contributed by atoms with Gasteiger partial charge in [0.15, 0.2) is 0 Å². The van der Waals surface area contributed by atoms with E-state index in [4.69, 9.17) is 0 Å². The molecule has 23 heavy (non-hydrogen) atoms. The molecule has 0 bridgehead atoms. The summed E-state index contributed by atoms with van der Waals surface area (Å²) in [6.07, 6.45) is -4.72. The van der Waals surface area contributed by atoms with Gasteiger partial charge in [-0.15, -0.1) is 0 Å². The lowest BCUT2D eigenvalue weighted by atomic mass is 9.83. The molecule has 7 heteroatoms. The van der Waals surface area contributed by atoms with E-state index in [9.17, 15) is 27.9 Å². The van der Waals surface area contributed by atoms with Gasteiger partial charge in [0.05, 0.1) is 23.6 Å². The molecule has 2 atom stereocenters. The van der Waals surface area contributed by atoms with Crippen molar-refractivity contribution in [2.24, 2.45) is 5.92 Å². The third-order valence-corrected chi connectivity index (χ3v) is 4.05. The zero-order chi connectivity index (χ0) is 17.2. The van der Waals surface area contributed by atoms with Crippen LogP contribution in [0.1, 0.15) is 43.4 Å². The molecule has 0 spiro atoms. The number of Topliss-reactive ketones (excluding diaryl/α,β-unsaturated/α-hetero) is 1. The predicted octanol–water partition coefficient (Wildman–Crippen LogP) is 2.61. The topological polar surface area (TPSA) is 66.4 Å². The zero-order valence-electron chi connectivity index (χ0n) is 12.6. The maximum Gasteiger partial charge on any atom is 0.416 e. The number of aliphatic hydroxyl groups excluding tert-OH is 1. The fraction of sp³-hybridized carbons (Fsp3) is 0.500. The maximum atomic E-state index is 12.5. The lowest BCUT2D eigenvalue weighted by molar-refractivity contribution is -0.138. The number of ketones is 1. The minimum atomic E-state index is -4.43. The molecule has 0 heterocycles. The van der Waals surface area contributed by atoms with Crippen LogP contribution in [0.4, 0.5) is 13.2 Å². The van der Waals surface area contributed by atoms with Crippen LogP contribution in [0.3, 0.4) is 0 Å². The Kier molecular flexibility index (Phi) is 5.09. The first kappa shape index (κ1) is 17.5. The Morgan fingerprint density at radius 2 is 1.87 bits per heavy atom. The van der Waals surface area contributed by atoms with Crippen molar-refractivity contribution >= 4 is 11.7 Å². The highest BCUT2D eigenvalue weighted by Gasteiger charge is 2.35. The Morgan fingerprint density at radius 1 is 1.30 bits per heavy atom. The molecule has 2 rings (SSSR count). The van der Waals surface area contributed by atoms with E-state index in [-0.39, 0.29) is 30.4 Å². The summed E-state index contributed by atoms with van der Waals surface area (Å²) in [6.45, 7) is 1.75. The molecule has 1 aliphatic rings. The third-order valence-electron chi connectivity index (χ3n) is 4.05. The molecular formula is C16H18F3NO3. The van der Waals surface area contributed by atoms with Gasteiger partial charge in [-0.05, 0) is 24.1 Å². The van der Waals surface area contributed by atoms with Gasteiger partial charge < -0.3 is 10.4 Å². The van der Waals surface area contributed by atoms with Crippen LogP contribution in [0, 0.1) is 5.92 Å². The van der Waals surface area contributed by atoms with E-state index in [1.165, 1.54) is 12.1 Å². The molecule has 0 saturated heterocycles. The van der Waals surface area contributed by atoms with Crippen LogP contribution >= 0.6 is 0 Å². The summed E-state index contributed by atoms with van der Waals surface area (Å²) in [7, 11) is 0. The molecule has 126 valence electrons. The number of hydrogen-bond donors (Lipinski definition) is 2. The monoisotopic (exact) mass is 329 g/mol. The second kappa shape index (κ2) is 6.70. The number of carbonyl (C=O) groups is 2. The van der Waals surface area contributed by atoms with Gasteiger partial charge in [-0.2, -0.15) is 13.2 Å². The number of amides is 1. The minimum Gasteiger partial charge on any atom is -0.386 e. The van der Waals surface area contributed by atoms with E-state index >= 15 is 0 Å². The van der Waals surface area contributed by atoms with E-state index in [1.807, 2.05) is 0 Å². The van der Waals surface area contributed by atoms with Gasteiger partial charge in [0, 0.05) is 12.8 Å². The van der Waals surface area contributed by atoms with Crippen molar-refractivity contribution in [1.29, 1.82) is 0 Å². The highest BCUT2D eigenvalue weighted by molar-refractivity contribution is 5.96. The molecule has 0 radical (unpaired) electrons. The number of hydrogen-bond acceptors (Lipinski definition) is 3. The van der Waals surface area contributed by atoms with Crippen LogP contribution in [0.2, 0.25) is 0 Å². The summed E-state index contributed by atoms with van der Waals surface area (Å²) in [6, 6.07) is 3.59. The van der Waals surface area contributed by atoms with Crippen molar-refractivity contribution < 1.29 is 27.9 Å². The van der Waals surface area contributed by atoms with Crippen LogP contribution in [0.5, 0.6) is 0 Å². The third kappa shape index (κ3) is 4.10. The fourth-order valence-electron chi connectivity index (χ4n) is 2.48. The van der Waals surface area contributed by atoms with Gasteiger partial charge in [-0.25, -0.2) is 0 Å². The molecule has 1 saturated carbocycles. The molecule has 0 unspecified atom stereocenters. The average molecular weight is 329 g/mol. The highest BCUT2D eigenvalue weighted by atomic mass is 19.4. The van der Waals surface area contributed by atoms with Gasteiger partial charge in [0.2, 0.25) is 5.91 Å². The number of alkyl halides is 3. The molecule has 1 fully saturated rings. The minimum absolute atomic E-state index is 0.0292. The number of benzene rings is 1. The average Bonchev–Trinajstić information content (AvgIpc) is 2.48. The molecule has 0 aliphatic heterocycles. The molecule has 1 amide bonds. The molecular weight excluding hydrogens is 311 g/mol. The second-order valence-electron chi connectivity index (χ2n) is 5.73. The summed E-state index contributed by atoms with van der Waals surface area (Å²) in [5.41, 5.74) is -0.492. The van der Waals surface area contributed by atoms with Crippen molar-refractivity contribution in [3.05, 3.63) is 35.4 Å². The Morgan fingerprint density at radius 3 is 2.30 bits per heavy atom. The Labute approximate surface area is 131 Å². The van der Waals surface area contributed by atoms with Crippen molar-refractivity contribution in [1.82, 2.24) is 5.32 Å². The SMILES string of the molecule is CC[C@@H](NC(=O)C1CC(=O)C1)[C@H](O)c1ccc(C(F)(F)F)cc1. The van der Waals surface area contributed by atoms with Crippen molar-refractivity contribution in [3.8, 4) is 0 Å². The molecule has 0 aromatic heterocycles. The van der Waals surface area contributed by atoms with Crippen molar-refractivity contribution in [2.75, 3.05) is 0 Å². The molecule has 1 aromatic rings. The Bertz CT molecular complexity index is 575. The quantitative estimate of drug-likeness (QED) is 0.873. The van der Waals surface area contributed by atoms with E-state index in [1.54, 1.807) is 6.92 Å². The van der Waals surface area contributed by atoms with E-state index < -0.39 is 23.9 Å². The number of aliphatic hydroxyl groups is 1. The summed E-state index contributed by atoms with van der Waals surface area (Å²) < 4.78 is 37.6. The summed E-state index contributed by atoms with van der Waals surface area (Å²) in [4.78, 5) is 22.9. The first-order chi connectivity index (χ1) is 10.7. The lowest BCUT2D eigenvalue weighted by Gasteiger charge is -2.28. The van der Waals surface area contributed by atoms with Gasteiger partial charge in [0.25, 0.3) is 0 Å². The van der Waals surface area contributed by atoms with E-state index in [0.717, 1.165) is 12.1 Å². The van der Waals surface area contributed by atoms with E-state index in [0.29, 0.717) is 12.0 Å². The van der Waals surface area contributed by atoms with Gasteiger partial charge in [-0.3, -0.25) is 9.59 Å². The van der Waals surface area contributed by atoms with Crippen LogP contribution in [-0.2, 0) is 15.8 Å². The summed E-state index contributed by atoms with van der Waals surface area (Å²) in [5, 5.41) is 13.0. The fourth-order valence-corrected chi connectivity index (χ4v) is 2.48. The van der Waals surface area contributed by atoms with Crippen LogP contribution in [-0.4, -0.2) is 22.8 Å². The van der Waals surface area contributed by atoms with Gasteiger partial charge in [0.1, 0.15) is 5.78 Å². The molecule has 2 N–H and O–H groups in total. The summed E-state index contributed by atoms with van der Waals surface area (Å²) in [5.74, 6) is -0.639. The second-order valence-corrected chi connectivity index (χ2v) is 5.73. The number of carbonyl (C=O) groups excluding carboxylic acids is 2. The number of nitrogens with one attached hydrogen (secondary N) is 1. The van der Waals surface area contributed by atoms with Crippen molar-refractivity contribution in [2.45, 2.75) is 44.5 Å². The smallest absolute Gasteiger partial charge is 0.386 e. The van der Waals surface area contributed by atoms with Crippen LogP contribution in [0.15, 0.2) is 24.3 Å². The molecule has 4 nitrogen and oxygen atoms in total. The zero-order valence-corrected chi connectivity index (χ0v) is 12.6. The lowest BCUT2D eigenvalue weighted by Crippen LogP contribution is -2.45. The normalized spacial score (nSPS) is 18.2. The van der Waals surface area contributed by atoms with Crippen LogP contribution < -0.4 is 5.32 Å². The Balaban J connectivity index is 2.02. The maximum absolute atomic E-state index is 12.5. The Hall–Kier alpha value is -1.89. The van der Waals surface area contributed by atoms with Gasteiger partial charge >= 0.3 is 6.18 Å². The predicted molar refractivity (Wildman–Crippen MR) is 76.4 cm³/mol. The largest absolute Gasteiger partial charge is 0.416 e. The highest BCUT2D eigenvalue weighted by Crippen LogP contribution is 2.31. The first-order valence-corrected chi connectivity index (χ1v) is 7.39. The summed E-state index contributed by atoms with van der Waals surface area (Å²) >= 11 is 0. The van der Waals surface area contributed by atoms with Gasteiger partial charge in [-0.1, -0.05) is 19.1 Å². The standard InChI is InChI=1S/C16H18F3NO3/c1-2-13(20-15(23)10-7-12(21)8-10)14(22)9-3-5-11(6-4-9)16(17,18)19/h3-6,10,13-14,22H,2,7-8H2,1H3,(H,20,23)/t13-,14-/m1/s1. The number of rotatable bonds is 5.